The quantitative estimate of drug-likeness (QED) is 0.114. The van der Waals surface area contributed by atoms with Crippen molar-refractivity contribution in [1.29, 1.82) is 0 Å². The number of hydrogen-bond acceptors (Lipinski definition) is 4. The Hall–Kier alpha value is -6.81. The molecule has 0 fully saturated rings. The standard InChI is InChI=1S/C62H55N3O2.Pt/c1-38(2)51-33-47(42-19-11-9-12-20-42)34-52(39(3)4)58(51)57-37-45-29-30-63-59(61(45)67-57)44-23-17-25-49(31-44)66-50-26-18-24-46(32-50)62-64-55-27-15-16-28-56(55)65(62)60-53(40(5)6)35-48(36-54(60)41(7)8)43-21-13-10-14-22-43;/h9-30,33-41H,1-8H3;/q-2;+2. The van der Waals surface area contributed by atoms with Gasteiger partial charge < -0.3 is 18.7 Å². The van der Waals surface area contributed by atoms with Crippen molar-refractivity contribution >= 4 is 22.0 Å². The van der Waals surface area contributed by atoms with Crippen molar-refractivity contribution in [2.75, 3.05) is 0 Å². The zero-order valence-electron chi connectivity index (χ0n) is 39.9. The molecular formula is C62H55N3O2Pt. The number of aromatic nitrogens is 3. The van der Waals surface area contributed by atoms with Gasteiger partial charge in [-0.15, -0.1) is 47.5 Å². The average Bonchev–Trinajstić information content (AvgIpc) is 3.96. The van der Waals surface area contributed by atoms with Crippen LogP contribution in [0.1, 0.15) is 101 Å². The van der Waals surface area contributed by atoms with E-state index >= 15 is 0 Å². The first-order chi connectivity index (χ1) is 32.5. The number of fused-ring (bicyclic) bond motifs is 2. The SMILES string of the molecule is CC(C)c1cc(-c2ccccc2)cc(C(C)C)c1-c1cc2ccnc(-c3[c-]c(Oc4[c-]c(-c5nc6ccccc6n5-c5c(C(C)C)cc(-c6ccccc6)cc5C(C)C)ccc4)ccc3)c2o1.[Pt+2]. The van der Waals surface area contributed by atoms with Crippen LogP contribution in [0.3, 0.4) is 0 Å². The molecule has 6 heteroatoms. The van der Waals surface area contributed by atoms with Gasteiger partial charge in [0.25, 0.3) is 0 Å². The molecule has 0 bridgehead atoms. The fourth-order valence-corrected chi connectivity index (χ4v) is 9.41. The summed E-state index contributed by atoms with van der Waals surface area (Å²) in [7, 11) is 0. The van der Waals surface area contributed by atoms with Crippen molar-refractivity contribution in [2.24, 2.45) is 0 Å². The van der Waals surface area contributed by atoms with E-state index < -0.39 is 0 Å². The third-order valence-electron chi connectivity index (χ3n) is 12.8. The van der Waals surface area contributed by atoms with Crippen molar-refractivity contribution < 1.29 is 30.2 Å². The Bertz CT molecular complexity index is 3340. The zero-order chi connectivity index (χ0) is 46.3. The van der Waals surface area contributed by atoms with E-state index in [0.717, 1.165) is 44.7 Å². The first kappa shape index (κ1) is 46.3. The largest absolute Gasteiger partial charge is 2.00 e. The second kappa shape index (κ2) is 19.4. The van der Waals surface area contributed by atoms with Gasteiger partial charge in [0.05, 0.1) is 16.9 Å². The number of hydrogen-bond donors (Lipinski definition) is 0. The minimum atomic E-state index is 0. The monoisotopic (exact) mass is 1070 g/mol. The summed E-state index contributed by atoms with van der Waals surface area (Å²) in [5.41, 5.74) is 17.2. The van der Waals surface area contributed by atoms with Gasteiger partial charge in [-0.05, 0) is 105 Å². The van der Waals surface area contributed by atoms with Crippen molar-refractivity contribution in [3.63, 3.8) is 0 Å². The first-order valence-corrected chi connectivity index (χ1v) is 23.6. The van der Waals surface area contributed by atoms with E-state index in [2.05, 4.69) is 193 Å². The van der Waals surface area contributed by atoms with Crippen LogP contribution in [-0.2, 0) is 21.1 Å². The molecule has 68 heavy (non-hydrogen) atoms. The van der Waals surface area contributed by atoms with Gasteiger partial charge in [0, 0.05) is 40.0 Å². The number of ether oxygens (including phenoxy) is 1. The summed E-state index contributed by atoms with van der Waals surface area (Å²) < 4.78 is 15.9. The maximum atomic E-state index is 6.90. The summed E-state index contributed by atoms with van der Waals surface area (Å²) in [5.74, 6) is 3.81. The molecule has 0 unspecified atom stereocenters. The number of nitrogens with zero attached hydrogens (tertiary/aromatic N) is 3. The molecule has 0 aliphatic rings. The van der Waals surface area contributed by atoms with Crippen molar-refractivity contribution in [3.8, 4) is 73.4 Å². The van der Waals surface area contributed by atoms with E-state index in [1.54, 1.807) is 0 Å². The molecule has 0 radical (unpaired) electrons. The van der Waals surface area contributed by atoms with Gasteiger partial charge in [0.2, 0.25) is 0 Å². The summed E-state index contributed by atoms with van der Waals surface area (Å²) in [6.45, 7) is 18.1. The minimum absolute atomic E-state index is 0. The zero-order valence-corrected chi connectivity index (χ0v) is 42.1. The van der Waals surface area contributed by atoms with Gasteiger partial charge in [-0.25, -0.2) is 0 Å². The fourth-order valence-electron chi connectivity index (χ4n) is 9.41. The minimum Gasteiger partial charge on any atom is -0.497 e. The molecule has 0 aliphatic heterocycles. The molecular weight excluding hydrogens is 1010 g/mol. The smallest absolute Gasteiger partial charge is 0.497 e. The van der Waals surface area contributed by atoms with Crippen molar-refractivity contribution in [3.05, 3.63) is 198 Å². The molecule has 3 aromatic heterocycles. The maximum Gasteiger partial charge on any atom is 2.00 e. The van der Waals surface area contributed by atoms with Crippen LogP contribution in [0.15, 0.2) is 168 Å². The summed E-state index contributed by atoms with van der Waals surface area (Å²) >= 11 is 0. The van der Waals surface area contributed by atoms with E-state index in [9.17, 15) is 0 Å². The normalized spacial score (nSPS) is 11.6. The van der Waals surface area contributed by atoms with Crippen LogP contribution >= 0.6 is 0 Å². The number of imidazole rings is 1. The molecule has 0 atom stereocenters. The molecule has 10 aromatic rings. The molecule has 0 N–H and O–H groups in total. The van der Waals surface area contributed by atoms with E-state index in [0.29, 0.717) is 22.8 Å². The second-order valence-electron chi connectivity index (χ2n) is 18.8. The summed E-state index contributed by atoms with van der Waals surface area (Å²) in [4.78, 5) is 10.2. The number of rotatable bonds is 12. The van der Waals surface area contributed by atoms with Gasteiger partial charge in [-0.3, -0.25) is 4.98 Å². The Kier molecular flexibility index (Phi) is 13.2. The van der Waals surface area contributed by atoms with Gasteiger partial charge in [-0.2, -0.15) is 0 Å². The van der Waals surface area contributed by atoms with Crippen LogP contribution in [0.25, 0.3) is 83.9 Å². The van der Waals surface area contributed by atoms with Crippen LogP contribution in [-0.4, -0.2) is 14.5 Å². The molecule has 0 saturated carbocycles. The molecule has 340 valence electrons. The number of para-hydroxylation sites is 2. The third-order valence-corrected chi connectivity index (χ3v) is 12.8. The van der Waals surface area contributed by atoms with E-state index in [-0.39, 0.29) is 44.7 Å². The van der Waals surface area contributed by atoms with E-state index in [1.165, 1.54) is 50.2 Å². The molecule has 0 aliphatic carbocycles. The molecule has 0 saturated heterocycles. The van der Waals surface area contributed by atoms with E-state index in [4.69, 9.17) is 19.1 Å². The summed E-state index contributed by atoms with van der Waals surface area (Å²) in [6.07, 6.45) is 1.84. The van der Waals surface area contributed by atoms with E-state index in [1.807, 2.05) is 42.6 Å². The Balaban J connectivity index is 0.00000578. The molecule has 7 aromatic carbocycles. The Morgan fingerprint density at radius 3 is 1.60 bits per heavy atom. The average molecular weight is 1070 g/mol. The summed E-state index contributed by atoms with van der Waals surface area (Å²) in [6, 6.07) is 62.3. The number of furan rings is 1. The van der Waals surface area contributed by atoms with Gasteiger partial charge >= 0.3 is 21.1 Å². The molecule has 3 heterocycles. The molecule has 0 amide bonds. The fraction of sp³-hybridized carbons (Fsp3) is 0.194. The van der Waals surface area contributed by atoms with Gasteiger partial charge in [0.1, 0.15) is 11.3 Å². The first-order valence-electron chi connectivity index (χ1n) is 23.6. The van der Waals surface area contributed by atoms with Crippen LogP contribution in [0.5, 0.6) is 11.5 Å². The van der Waals surface area contributed by atoms with Gasteiger partial charge in [0.15, 0.2) is 0 Å². The molecule has 10 rings (SSSR count). The predicted octanol–water partition coefficient (Wildman–Crippen LogP) is 17.4. The third kappa shape index (κ3) is 8.88. The number of pyridine rings is 1. The van der Waals surface area contributed by atoms with Crippen molar-refractivity contribution in [2.45, 2.75) is 79.1 Å². The van der Waals surface area contributed by atoms with Crippen LogP contribution in [0, 0.1) is 12.1 Å². The predicted molar refractivity (Wildman–Crippen MR) is 276 cm³/mol. The molecule has 0 spiro atoms. The Morgan fingerprint density at radius 1 is 0.515 bits per heavy atom. The second-order valence-corrected chi connectivity index (χ2v) is 18.8. The number of benzene rings is 7. The van der Waals surface area contributed by atoms with Crippen LogP contribution < -0.4 is 4.74 Å². The van der Waals surface area contributed by atoms with Crippen LogP contribution in [0.4, 0.5) is 0 Å². The summed E-state index contributed by atoms with van der Waals surface area (Å²) in [5, 5.41) is 0.983. The molecule has 5 nitrogen and oxygen atoms in total. The van der Waals surface area contributed by atoms with Crippen molar-refractivity contribution in [1.82, 2.24) is 14.5 Å². The Labute approximate surface area is 415 Å². The maximum absolute atomic E-state index is 6.90. The topological polar surface area (TPSA) is 53.1 Å². The van der Waals surface area contributed by atoms with Crippen LogP contribution in [0.2, 0.25) is 0 Å². The van der Waals surface area contributed by atoms with Gasteiger partial charge in [-0.1, -0.05) is 152 Å². The Morgan fingerprint density at radius 2 is 1.03 bits per heavy atom.